The summed E-state index contributed by atoms with van der Waals surface area (Å²) < 4.78 is 15.0. The number of hydrogen-bond acceptors (Lipinski definition) is 7. The molecule has 0 spiro atoms. The quantitative estimate of drug-likeness (QED) is 0.598. The maximum Gasteiger partial charge on any atom is 0.231 e. The van der Waals surface area contributed by atoms with Gasteiger partial charge in [0.2, 0.25) is 11.6 Å². The fraction of sp³-hybridized carbons (Fsp3) is 0.350. The molecule has 29 heavy (non-hydrogen) atoms. The lowest BCUT2D eigenvalue weighted by Crippen LogP contribution is -2.46. The predicted octanol–water partition coefficient (Wildman–Crippen LogP) is 2.30. The second-order valence-electron chi connectivity index (χ2n) is 7.23. The molecule has 0 radical (unpaired) electrons. The molecule has 2 aliphatic rings. The second-order valence-corrected chi connectivity index (χ2v) is 7.60. The van der Waals surface area contributed by atoms with Crippen molar-refractivity contribution in [2.24, 2.45) is 0 Å². The zero-order chi connectivity index (χ0) is 19.6. The summed E-state index contributed by atoms with van der Waals surface area (Å²) in [5.41, 5.74) is 2.17. The van der Waals surface area contributed by atoms with Crippen LogP contribution in [0, 0.1) is 4.77 Å². The third-order valence-electron chi connectivity index (χ3n) is 5.28. The highest BCUT2D eigenvalue weighted by molar-refractivity contribution is 7.71. The van der Waals surface area contributed by atoms with Gasteiger partial charge in [-0.15, -0.1) is 0 Å². The Kier molecular flexibility index (Phi) is 5.01. The van der Waals surface area contributed by atoms with Gasteiger partial charge in [0.05, 0.1) is 12.4 Å². The van der Waals surface area contributed by atoms with E-state index in [1.807, 2.05) is 36.4 Å². The van der Waals surface area contributed by atoms with Gasteiger partial charge in [-0.05, 0) is 52.5 Å². The lowest BCUT2D eigenvalue weighted by molar-refractivity contribution is 0.0975. The van der Waals surface area contributed by atoms with Crippen LogP contribution in [0.4, 0.5) is 0 Å². The molecule has 0 saturated carbocycles. The maximum atomic E-state index is 5.57. The standard InChI is InChI=1S/C20H22N6O2S/c29-20-25(21-22-26(20)17-4-2-1-3-5-17)14-24-10-8-23(9-11-24)13-16-6-7-18-19(12-16)28-15-27-18/h1-7,12H,8-11,13-15H2. The first-order chi connectivity index (χ1) is 14.3. The number of fused-ring (bicyclic) bond motifs is 1. The molecule has 1 saturated heterocycles. The van der Waals surface area contributed by atoms with E-state index in [9.17, 15) is 0 Å². The minimum Gasteiger partial charge on any atom is -0.454 e. The average Bonchev–Trinajstić information content (AvgIpc) is 3.37. The highest BCUT2D eigenvalue weighted by atomic mass is 32.1. The Balaban J connectivity index is 1.18. The van der Waals surface area contributed by atoms with Crippen molar-refractivity contribution in [1.29, 1.82) is 0 Å². The van der Waals surface area contributed by atoms with Gasteiger partial charge in [0.25, 0.3) is 0 Å². The van der Waals surface area contributed by atoms with Crippen molar-refractivity contribution in [3.63, 3.8) is 0 Å². The van der Waals surface area contributed by atoms with Crippen LogP contribution in [0.15, 0.2) is 48.5 Å². The second kappa shape index (κ2) is 7.94. The van der Waals surface area contributed by atoms with Crippen molar-refractivity contribution < 1.29 is 9.47 Å². The molecule has 0 N–H and O–H groups in total. The summed E-state index contributed by atoms with van der Waals surface area (Å²) in [6.45, 7) is 5.80. The van der Waals surface area contributed by atoms with Gasteiger partial charge in [-0.1, -0.05) is 24.3 Å². The number of hydrogen-bond donors (Lipinski definition) is 0. The molecule has 3 heterocycles. The van der Waals surface area contributed by atoms with Crippen molar-refractivity contribution in [1.82, 2.24) is 29.6 Å². The number of piperazine rings is 1. The number of aromatic nitrogens is 4. The van der Waals surface area contributed by atoms with Gasteiger partial charge in [-0.3, -0.25) is 9.80 Å². The van der Waals surface area contributed by atoms with Crippen LogP contribution in [0.2, 0.25) is 0 Å². The smallest absolute Gasteiger partial charge is 0.231 e. The summed E-state index contributed by atoms with van der Waals surface area (Å²) in [5.74, 6) is 1.68. The molecule has 150 valence electrons. The Morgan fingerprint density at radius 3 is 2.45 bits per heavy atom. The number of ether oxygens (including phenoxy) is 2. The minimum absolute atomic E-state index is 0.314. The largest absolute Gasteiger partial charge is 0.454 e. The van der Waals surface area contributed by atoms with E-state index in [0.717, 1.165) is 49.9 Å². The minimum atomic E-state index is 0.314. The summed E-state index contributed by atoms with van der Waals surface area (Å²) >= 11 is 5.57. The fourth-order valence-electron chi connectivity index (χ4n) is 3.67. The highest BCUT2D eigenvalue weighted by Gasteiger charge is 2.20. The van der Waals surface area contributed by atoms with Crippen LogP contribution in [-0.2, 0) is 13.2 Å². The molecule has 0 aliphatic carbocycles. The van der Waals surface area contributed by atoms with Gasteiger partial charge in [0.1, 0.15) is 0 Å². The molecule has 5 rings (SSSR count). The van der Waals surface area contributed by atoms with Gasteiger partial charge < -0.3 is 9.47 Å². The molecule has 3 aromatic rings. The predicted molar refractivity (Wildman–Crippen MR) is 110 cm³/mol. The Labute approximate surface area is 173 Å². The topological polar surface area (TPSA) is 60.6 Å². The molecule has 0 atom stereocenters. The number of nitrogens with zero attached hydrogens (tertiary/aromatic N) is 6. The Morgan fingerprint density at radius 1 is 0.862 bits per heavy atom. The summed E-state index contributed by atoms with van der Waals surface area (Å²) in [6.07, 6.45) is 0. The Bertz CT molecular complexity index is 1040. The first-order valence-electron chi connectivity index (χ1n) is 9.68. The van der Waals surface area contributed by atoms with Crippen molar-refractivity contribution in [2.75, 3.05) is 33.0 Å². The normalized spacial score (nSPS) is 17.0. The first-order valence-corrected chi connectivity index (χ1v) is 10.1. The van der Waals surface area contributed by atoms with E-state index >= 15 is 0 Å². The van der Waals surface area contributed by atoms with Crippen LogP contribution in [0.3, 0.4) is 0 Å². The average molecular weight is 411 g/mol. The van der Waals surface area contributed by atoms with E-state index < -0.39 is 0 Å². The summed E-state index contributed by atoms with van der Waals surface area (Å²) in [7, 11) is 0. The van der Waals surface area contributed by atoms with E-state index in [1.165, 1.54) is 5.56 Å². The van der Waals surface area contributed by atoms with Crippen molar-refractivity contribution in [2.45, 2.75) is 13.2 Å². The van der Waals surface area contributed by atoms with E-state index in [0.29, 0.717) is 18.2 Å². The van der Waals surface area contributed by atoms with Gasteiger partial charge in [0, 0.05) is 32.7 Å². The van der Waals surface area contributed by atoms with Crippen molar-refractivity contribution >= 4 is 12.2 Å². The van der Waals surface area contributed by atoms with Gasteiger partial charge >= 0.3 is 0 Å². The maximum absolute atomic E-state index is 5.57. The fourth-order valence-corrected chi connectivity index (χ4v) is 3.91. The monoisotopic (exact) mass is 410 g/mol. The van der Waals surface area contributed by atoms with Crippen LogP contribution >= 0.6 is 12.2 Å². The van der Waals surface area contributed by atoms with Gasteiger partial charge in [0.15, 0.2) is 11.5 Å². The van der Waals surface area contributed by atoms with Crippen LogP contribution in [-0.4, -0.2) is 62.6 Å². The molecule has 0 unspecified atom stereocenters. The van der Waals surface area contributed by atoms with Crippen LogP contribution in [0.25, 0.3) is 5.69 Å². The number of benzene rings is 2. The molecular formula is C20H22N6O2S. The zero-order valence-electron chi connectivity index (χ0n) is 16.0. The number of rotatable bonds is 5. The Hall–Kier alpha value is -2.75. The molecule has 8 nitrogen and oxygen atoms in total. The lowest BCUT2D eigenvalue weighted by atomic mass is 10.1. The third-order valence-corrected chi connectivity index (χ3v) is 5.67. The highest BCUT2D eigenvalue weighted by Crippen LogP contribution is 2.32. The van der Waals surface area contributed by atoms with Crippen molar-refractivity contribution in [3.8, 4) is 17.2 Å². The van der Waals surface area contributed by atoms with Crippen molar-refractivity contribution in [3.05, 3.63) is 58.9 Å². The molecule has 2 aromatic carbocycles. The van der Waals surface area contributed by atoms with Crippen LogP contribution < -0.4 is 9.47 Å². The number of para-hydroxylation sites is 1. The molecule has 0 amide bonds. The van der Waals surface area contributed by atoms with E-state index in [-0.39, 0.29) is 0 Å². The molecule has 1 aromatic heterocycles. The molecule has 1 fully saturated rings. The number of tetrazole rings is 1. The van der Waals surface area contributed by atoms with E-state index in [2.05, 4.69) is 32.4 Å². The van der Waals surface area contributed by atoms with Crippen LogP contribution in [0.1, 0.15) is 5.56 Å². The summed E-state index contributed by atoms with van der Waals surface area (Å²) in [6, 6.07) is 16.0. The van der Waals surface area contributed by atoms with Gasteiger partial charge in [-0.25, -0.2) is 4.68 Å². The molecule has 0 bridgehead atoms. The Morgan fingerprint density at radius 2 is 1.62 bits per heavy atom. The van der Waals surface area contributed by atoms with Gasteiger partial charge in [-0.2, -0.15) is 4.68 Å². The summed E-state index contributed by atoms with van der Waals surface area (Å²) in [4.78, 5) is 4.81. The van der Waals surface area contributed by atoms with Crippen LogP contribution in [0.5, 0.6) is 11.5 Å². The third kappa shape index (κ3) is 3.89. The summed E-state index contributed by atoms with van der Waals surface area (Å²) in [5, 5.41) is 8.47. The zero-order valence-corrected chi connectivity index (χ0v) is 16.8. The SMILES string of the molecule is S=c1n(CN2CCN(Cc3ccc4c(c3)OCO4)CC2)nnn1-c1ccccc1. The molecular weight excluding hydrogens is 388 g/mol. The van der Waals surface area contributed by atoms with E-state index in [1.54, 1.807) is 9.36 Å². The first kappa shape index (κ1) is 18.3. The molecule has 2 aliphatic heterocycles. The molecule has 9 heteroatoms. The van der Waals surface area contributed by atoms with E-state index in [4.69, 9.17) is 21.7 Å². The lowest BCUT2D eigenvalue weighted by Gasteiger charge is -2.34.